The van der Waals surface area contributed by atoms with Crippen molar-refractivity contribution in [3.05, 3.63) is 89.5 Å². The Bertz CT molecular complexity index is 1020. The first-order valence-electron chi connectivity index (χ1n) is 11.9. The molecule has 0 aliphatic heterocycles. The fraction of sp³-hybridized carbons (Fsp3) is 0.345. The summed E-state index contributed by atoms with van der Waals surface area (Å²) < 4.78 is 16.8. The van der Waals surface area contributed by atoms with Crippen LogP contribution >= 0.6 is 0 Å². The Morgan fingerprint density at radius 1 is 0.853 bits per heavy atom. The maximum atomic E-state index is 13.1. The van der Waals surface area contributed by atoms with Gasteiger partial charge < -0.3 is 19.1 Å². The minimum atomic E-state index is 0.141. The van der Waals surface area contributed by atoms with Crippen molar-refractivity contribution in [3.63, 3.8) is 0 Å². The Morgan fingerprint density at radius 2 is 1.62 bits per heavy atom. The molecule has 0 unspecified atom stereocenters. The van der Waals surface area contributed by atoms with Crippen LogP contribution in [-0.2, 0) is 24.4 Å². The summed E-state index contributed by atoms with van der Waals surface area (Å²) in [6.45, 7) is 3.91. The Labute approximate surface area is 203 Å². The number of unbranched alkanes of at least 4 members (excludes halogenated alkanes) is 1. The van der Waals surface area contributed by atoms with E-state index in [2.05, 4.69) is 6.92 Å². The van der Waals surface area contributed by atoms with Gasteiger partial charge in [-0.05, 0) is 42.2 Å². The Kier molecular flexibility index (Phi) is 9.83. The topological polar surface area (TPSA) is 48.0 Å². The van der Waals surface area contributed by atoms with Crippen LogP contribution in [0.4, 0.5) is 0 Å². The molecule has 1 amide bonds. The number of nitrogens with zero attached hydrogens (tertiary/aromatic N) is 1. The van der Waals surface area contributed by atoms with Crippen molar-refractivity contribution in [1.29, 1.82) is 0 Å². The minimum Gasteiger partial charge on any atom is -0.493 e. The van der Waals surface area contributed by atoms with E-state index in [4.69, 9.17) is 14.2 Å². The molecule has 0 spiro atoms. The zero-order valence-electron chi connectivity index (χ0n) is 20.5. The molecule has 0 saturated heterocycles. The summed E-state index contributed by atoms with van der Waals surface area (Å²) in [6, 6.07) is 23.9. The summed E-state index contributed by atoms with van der Waals surface area (Å²) >= 11 is 0. The third kappa shape index (κ3) is 7.27. The molecule has 5 nitrogen and oxygen atoms in total. The van der Waals surface area contributed by atoms with Gasteiger partial charge >= 0.3 is 0 Å². The molecule has 0 N–H and O–H groups in total. The third-order valence-electron chi connectivity index (χ3n) is 5.78. The number of ether oxygens (including phenoxy) is 3. The maximum absolute atomic E-state index is 13.1. The molecule has 0 bridgehead atoms. The number of rotatable bonds is 13. The van der Waals surface area contributed by atoms with Gasteiger partial charge in [-0.3, -0.25) is 4.79 Å². The number of hydrogen-bond acceptors (Lipinski definition) is 4. The number of carbonyl (C=O) groups is 1. The molecule has 0 atom stereocenters. The second-order valence-electron chi connectivity index (χ2n) is 8.24. The standard InChI is InChI=1S/C29H35NO4/c1-4-5-20-30(21-25-12-9-13-27(32-2)29(25)33-3)28(31)19-16-23-14-17-26(18-15-23)34-22-24-10-7-6-8-11-24/h6-15,17-18H,4-5,16,19-22H2,1-3H3. The predicted octanol–water partition coefficient (Wildman–Crippen LogP) is 6.04. The molecule has 0 saturated carbocycles. The smallest absolute Gasteiger partial charge is 0.223 e. The van der Waals surface area contributed by atoms with Crippen molar-refractivity contribution in [2.75, 3.05) is 20.8 Å². The van der Waals surface area contributed by atoms with Gasteiger partial charge in [-0.15, -0.1) is 0 Å². The first kappa shape index (κ1) is 25.2. The first-order chi connectivity index (χ1) is 16.6. The van der Waals surface area contributed by atoms with Gasteiger partial charge in [-0.25, -0.2) is 0 Å². The number of aryl methyl sites for hydroxylation is 1. The molecular formula is C29H35NO4. The highest BCUT2D eigenvalue weighted by molar-refractivity contribution is 5.76. The van der Waals surface area contributed by atoms with Gasteiger partial charge in [0.2, 0.25) is 5.91 Å². The molecule has 0 heterocycles. The van der Waals surface area contributed by atoms with E-state index >= 15 is 0 Å². The Hall–Kier alpha value is -3.47. The van der Waals surface area contributed by atoms with Crippen LogP contribution in [0.15, 0.2) is 72.8 Å². The molecule has 3 aromatic carbocycles. The second kappa shape index (κ2) is 13.3. The number of methoxy groups -OCH3 is 2. The van der Waals surface area contributed by atoms with E-state index in [0.717, 1.165) is 41.8 Å². The van der Waals surface area contributed by atoms with E-state index in [1.165, 1.54) is 0 Å². The summed E-state index contributed by atoms with van der Waals surface area (Å²) in [5.74, 6) is 2.33. The van der Waals surface area contributed by atoms with Crippen LogP contribution in [0.3, 0.4) is 0 Å². The van der Waals surface area contributed by atoms with Crippen molar-refractivity contribution < 1.29 is 19.0 Å². The molecule has 0 aliphatic carbocycles. The summed E-state index contributed by atoms with van der Waals surface area (Å²) in [4.78, 5) is 15.1. The van der Waals surface area contributed by atoms with Crippen LogP contribution in [0.1, 0.15) is 42.9 Å². The lowest BCUT2D eigenvalue weighted by Crippen LogP contribution is -2.31. The van der Waals surface area contributed by atoms with Gasteiger partial charge in [0.25, 0.3) is 0 Å². The van der Waals surface area contributed by atoms with Gasteiger partial charge in [0.1, 0.15) is 12.4 Å². The van der Waals surface area contributed by atoms with Crippen molar-refractivity contribution in [2.24, 2.45) is 0 Å². The average Bonchev–Trinajstić information content (AvgIpc) is 2.89. The van der Waals surface area contributed by atoms with Crippen molar-refractivity contribution >= 4 is 5.91 Å². The highest BCUT2D eigenvalue weighted by Crippen LogP contribution is 2.31. The molecule has 0 aromatic heterocycles. The predicted molar refractivity (Wildman–Crippen MR) is 135 cm³/mol. The van der Waals surface area contributed by atoms with Crippen LogP contribution in [0, 0.1) is 0 Å². The number of benzene rings is 3. The van der Waals surface area contributed by atoms with Crippen molar-refractivity contribution in [3.8, 4) is 17.2 Å². The van der Waals surface area contributed by atoms with E-state index in [1.54, 1.807) is 14.2 Å². The fourth-order valence-corrected chi connectivity index (χ4v) is 3.83. The van der Waals surface area contributed by atoms with Crippen LogP contribution in [0.2, 0.25) is 0 Å². The molecule has 5 heteroatoms. The second-order valence-corrected chi connectivity index (χ2v) is 8.24. The zero-order chi connectivity index (χ0) is 24.2. The van der Waals surface area contributed by atoms with E-state index in [9.17, 15) is 4.79 Å². The molecule has 0 fully saturated rings. The summed E-state index contributed by atoms with van der Waals surface area (Å²) in [5.41, 5.74) is 3.21. The van der Waals surface area contributed by atoms with Crippen LogP contribution in [0.25, 0.3) is 0 Å². The number of hydrogen-bond donors (Lipinski definition) is 0. The third-order valence-corrected chi connectivity index (χ3v) is 5.78. The van der Waals surface area contributed by atoms with Gasteiger partial charge in [0.05, 0.1) is 14.2 Å². The van der Waals surface area contributed by atoms with Crippen molar-refractivity contribution in [2.45, 2.75) is 45.8 Å². The fourth-order valence-electron chi connectivity index (χ4n) is 3.83. The molecule has 0 aliphatic rings. The van der Waals surface area contributed by atoms with Crippen LogP contribution in [-0.4, -0.2) is 31.6 Å². The van der Waals surface area contributed by atoms with Gasteiger partial charge in [0.15, 0.2) is 11.5 Å². The monoisotopic (exact) mass is 461 g/mol. The Morgan fingerprint density at radius 3 is 2.29 bits per heavy atom. The highest BCUT2D eigenvalue weighted by atomic mass is 16.5. The van der Waals surface area contributed by atoms with Crippen LogP contribution in [0.5, 0.6) is 17.2 Å². The van der Waals surface area contributed by atoms with Crippen molar-refractivity contribution in [1.82, 2.24) is 4.90 Å². The molecule has 3 aromatic rings. The Balaban J connectivity index is 1.58. The minimum absolute atomic E-state index is 0.141. The largest absolute Gasteiger partial charge is 0.493 e. The molecule has 0 radical (unpaired) electrons. The summed E-state index contributed by atoms with van der Waals surface area (Å²) in [7, 11) is 3.26. The molecule has 34 heavy (non-hydrogen) atoms. The lowest BCUT2D eigenvalue weighted by molar-refractivity contribution is -0.131. The van der Waals surface area contributed by atoms with Gasteiger partial charge in [0, 0.05) is 25.1 Å². The normalized spacial score (nSPS) is 10.6. The van der Waals surface area contributed by atoms with E-state index in [1.807, 2.05) is 77.7 Å². The molecular weight excluding hydrogens is 426 g/mol. The number of para-hydroxylation sites is 1. The van der Waals surface area contributed by atoms with Gasteiger partial charge in [-0.1, -0.05) is 67.9 Å². The van der Waals surface area contributed by atoms with E-state index in [-0.39, 0.29) is 5.91 Å². The molecule has 180 valence electrons. The lowest BCUT2D eigenvalue weighted by atomic mass is 10.1. The SMILES string of the molecule is CCCCN(Cc1cccc(OC)c1OC)C(=O)CCc1ccc(OCc2ccccc2)cc1. The highest BCUT2D eigenvalue weighted by Gasteiger charge is 2.18. The number of amides is 1. The van der Waals surface area contributed by atoms with Crippen LogP contribution < -0.4 is 14.2 Å². The summed E-state index contributed by atoms with van der Waals surface area (Å²) in [5, 5.41) is 0. The quantitative estimate of drug-likeness (QED) is 0.311. The zero-order valence-corrected chi connectivity index (χ0v) is 20.5. The number of carbonyl (C=O) groups excluding carboxylic acids is 1. The molecule has 3 rings (SSSR count). The van der Waals surface area contributed by atoms with E-state index < -0.39 is 0 Å². The maximum Gasteiger partial charge on any atom is 0.223 e. The lowest BCUT2D eigenvalue weighted by Gasteiger charge is -2.24. The first-order valence-corrected chi connectivity index (χ1v) is 11.9. The van der Waals surface area contributed by atoms with Gasteiger partial charge in [-0.2, -0.15) is 0 Å². The summed E-state index contributed by atoms with van der Waals surface area (Å²) in [6.07, 6.45) is 3.14. The van der Waals surface area contributed by atoms with E-state index in [0.29, 0.717) is 37.5 Å². The average molecular weight is 462 g/mol.